The van der Waals surface area contributed by atoms with E-state index in [2.05, 4.69) is 30.0 Å². The quantitative estimate of drug-likeness (QED) is 0.102. The van der Waals surface area contributed by atoms with Gasteiger partial charge in [-0.25, -0.2) is 26.8 Å². The largest absolute Gasteiger partial charge is 0.497 e. The van der Waals surface area contributed by atoms with E-state index in [1.807, 2.05) is 0 Å². The number of thiazole rings is 2. The minimum atomic E-state index is -3.92. The molecule has 18 heteroatoms. The van der Waals surface area contributed by atoms with Crippen molar-refractivity contribution >= 4 is 76.2 Å². The smallest absolute Gasteiger partial charge is 0.261 e. The van der Waals surface area contributed by atoms with Gasteiger partial charge in [0.15, 0.2) is 10.3 Å². The van der Waals surface area contributed by atoms with Crippen LogP contribution in [0.3, 0.4) is 0 Å². The molecule has 0 saturated carbocycles. The fourth-order valence-electron chi connectivity index (χ4n) is 4.62. The number of aromatic nitrogens is 2. The summed E-state index contributed by atoms with van der Waals surface area (Å²) < 4.78 is 66.5. The molecule has 0 saturated heterocycles. The maximum Gasteiger partial charge on any atom is 0.261 e. The van der Waals surface area contributed by atoms with Crippen LogP contribution in [0, 0.1) is 0 Å². The van der Waals surface area contributed by atoms with Gasteiger partial charge >= 0.3 is 0 Å². The summed E-state index contributed by atoms with van der Waals surface area (Å²) in [4.78, 5) is 35.0. The summed E-state index contributed by atoms with van der Waals surface area (Å²) in [5.74, 6) is 0.0118. The first-order valence-corrected chi connectivity index (χ1v) is 19.7. The molecule has 4 N–H and O–H groups in total. The Labute approximate surface area is 306 Å². The number of sulfonamides is 2. The second-order valence-corrected chi connectivity index (χ2v) is 15.8. The van der Waals surface area contributed by atoms with Crippen molar-refractivity contribution in [2.75, 3.05) is 34.3 Å². The molecule has 4 aromatic carbocycles. The molecule has 266 valence electrons. The van der Waals surface area contributed by atoms with Crippen molar-refractivity contribution < 1.29 is 35.9 Å². The van der Waals surface area contributed by atoms with Crippen molar-refractivity contribution in [1.82, 2.24) is 9.97 Å². The maximum atomic E-state index is 13.0. The van der Waals surface area contributed by atoms with Crippen LogP contribution in [0.5, 0.6) is 11.5 Å². The Kier molecular flexibility index (Phi) is 10.5. The van der Waals surface area contributed by atoms with E-state index in [1.54, 1.807) is 22.9 Å². The number of ether oxygens (including phenoxy) is 2. The monoisotopic (exact) mass is 776 g/mol. The third-order valence-corrected chi connectivity index (χ3v) is 11.5. The Morgan fingerprint density at radius 3 is 1.33 bits per heavy atom. The molecule has 6 rings (SSSR count). The molecule has 0 unspecified atom stereocenters. The molecule has 2 amide bonds. The number of hydrogen-bond acceptors (Lipinski definition) is 12. The van der Waals surface area contributed by atoms with Crippen LogP contribution in [0.1, 0.15) is 20.7 Å². The lowest BCUT2D eigenvalue weighted by atomic mass is 10.2. The van der Waals surface area contributed by atoms with Crippen LogP contribution in [0.25, 0.3) is 11.4 Å². The number of amides is 2. The van der Waals surface area contributed by atoms with Gasteiger partial charge in [-0.1, -0.05) is 12.1 Å². The van der Waals surface area contributed by atoms with Crippen LogP contribution in [0.2, 0.25) is 0 Å². The zero-order valence-electron chi connectivity index (χ0n) is 27.2. The molecule has 14 nitrogen and oxygen atoms in total. The van der Waals surface area contributed by atoms with Crippen LogP contribution in [-0.4, -0.2) is 52.8 Å². The van der Waals surface area contributed by atoms with Crippen LogP contribution in [-0.2, 0) is 20.0 Å². The first kappa shape index (κ1) is 36.0. The number of benzene rings is 4. The highest BCUT2D eigenvalue weighted by Crippen LogP contribution is 2.29. The maximum absolute atomic E-state index is 13.0. The summed E-state index contributed by atoms with van der Waals surface area (Å²) in [6, 6.07) is 23.8. The van der Waals surface area contributed by atoms with Gasteiger partial charge in [-0.15, -0.1) is 22.7 Å². The van der Waals surface area contributed by atoms with Gasteiger partial charge in [-0.05, 0) is 84.9 Å². The van der Waals surface area contributed by atoms with Crippen LogP contribution < -0.4 is 29.6 Å². The van der Waals surface area contributed by atoms with Gasteiger partial charge in [0.1, 0.15) is 22.9 Å². The van der Waals surface area contributed by atoms with Crippen molar-refractivity contribution in [3.8, 4) is 22.9 Å². The minimum Gasteiger partial charge on any atom is -0.497 e. The Morgan fingerprint density at radius 2 is 0.962 bits per heavy atom. The van der Waals surface area contributed by atoms with Crippen LogP contribution in [0.4, 0.5) is 21.6 Å². The molecule has 0 aliphatic heterocycles. The van der Waals surface area contributed by atoms with Gasteiger partial charge in [-0.2, -0.15) is 0 Å². The normalized spacial score (nSPS) is 11.3. The summed E-state index contributed by atoms with van der Waals surface area (Å²) in [5.41, 5.74) is 1.69. The van der Waals surface area contributed by atoms with Crippen molar-refractivity contribution in [3.63, 3.8) is 0 Å². The van der Waals surface area contributed by atoms with Crippen LogP contribution in [0.15, 0.2) is 118 Å². The minimum absolute atomic E-state index is 0.0315. The third-order valence-electron chi connectivity index (χ3n) is 7.21. The molecule has 6 aromatic rings. The highest BCUT2D eigenvalue weighted by Gasteiger charge is 2.19. The Morgan fingerprint density at radius 1 is 0.577 bits per heavy atom. The summed E-state index contributed by atoms with van der Waals surface area (Å²) in [7, 11) is -4.87. The zero-order valence-corrected chi connectivity index (χ0v) is 30.5. The van der Waals surface area contributed by atoms with E-state index in [1.165, 1.54) is 99.1 Å². The van der Waals surface area contributed by atoms with E-state index < -0.39 is 31.9 Å². The second-order valence-electron chi connectivity index (χ2n) is 10.7. The van der Waals surface area contributed by atoms with Gasteiger partial charge in [0.25, 0.3) is 31.9 Å². The molecule has 2 aromatic heterocycles. The summed E-state index contributed by atoms with van der Waals surface area (Å²) >= 11 is 2.32. The molecule has 0 radical (unpaired) electrons. The fraction of sp³-hybridized carbons (Fsp3) is 0.0588. The molecule has 0 fully saturated rings. The molecule has 0 atom stereocenters. The van der Waals surface area contributed by atoms with Crippen molar-refractivity contribution in [1.29, 1.82) is 0 Å². The van der Waals surface area contributed by atoms with Gasteiger partial charge < -0.3 is 9.47 Å². The fourth-order valence-corrected chi connectivity index (χ4v) is 8.12. The number of nitrogens with one attached hydrogen (secondary N) is 4. The second kappa shape index (κ2) is 15.2. The molecule has 2 heterocycles. The van der Waals surface area contributed by atoms with E-state index in [9.17, 15) is 26.4 Å². The lowest BCUT2D eigenvalue weighted by Crippen LogP contribution is -2.15. The highest BCUT2D eigenvalue weighted by molar-refractivity contribution is 7.93. The zero-order chi connectivity index (χ0) is 36.9. The predicted octanol–water partition coefficient (Wildman–Crippen LogP) is 6.39. The van der Waals surface area contributed by atoms with Crippen LogP contribution >= 0.6 is 22.7 Å². The van der Waals surface area contributed by atoms with E-state index in [0.29, 0.717) is 22.9 Å². The topological polar surface area (TPSA) is 195 Å². The number of anilines is 4. The van der Waals surface area contributed by atoms with Crippen molar-refractivity contribution in [2.24, 2.45) is 0 Å². The SMILES string of the molecule is COc1ccc(S(=O)(=O)Nc2cccc(C(=O)Nc3nc(-c4csc(NC(=O)c5cccc(NS(=O)(=O)c6ccc(OC)cc6)c5)n4)cs3)c2)cc1. The van der Waals surface area contributed by atoms with Gasteiger partial charge in [0, 0.05) is 33.3 Å². The van der Waals surface area contributed by atoms with Gasteiger partial charge in [-0.3, -0.25) is 29.7 Å². The molecule has 52 heavy (non-hydrogen) atoms. The molecular weight excluding hydrogens is 749 g/mol. The number of hydrogen-bond donors (Lipinski definition) is 4. The van der Waals surface area contributed by atoms with Gasteiger partial charge in [0.05, 0.1) is 24.0 Å². The van der Waals surface area contributed by atoms with Crippen molar-refractivity contribution in [3.05, 3.63) is 119 Å². The van der Waals surface area contributed by atoms with E-state index in [0.717, 1.165) is 22.7 Å². The molecule has 0 aliphatic carbocycles. The highest BCUT2D eigenvalue weighted by atomic mass is 32.2. The van der Waals surface area contributed by atoms with Crippen molar-refractivity contribution in [2.45, 2.75) is 9.79 Å². The predicted molar refractivity (Wildman–Crippen MR) is 200 cm³/mol. The lowest BCUT2D eigenvalue weighted by Gasteiger charge is -2.10. The first-order chi connectivity index (χ1) is 24.9. The summed E-state index contributed by atoms with van der Waals surface area (Å²) in [6.45, 7) is 0. The third kappa shape index (κ3) is 8.55. The molecular formula is C34H28N6O8S4. The Hall–Kier alpha value is -5.82. The van der Waals surface area contributed by atoms with Gasteiger partial charge in [0.2, 0.25) is 0 Å². The number of carbonyl (C=O) groups excluding carboxylic acids is 2. The first-order valence-electron chi connectivity index (χ1n) is 15.0. The number of nitrogens with zero attached hydrogens (tertiary/aromatic N) is 2. The number of rotatable bonds is 13. The number of methoxy groups -OCH3 is 2. The Bertz CT molecular complexity index is 2290. The van der Waals surface area contributed by atoms with E-state index >= 15 is 0 Å². The average molecular weight is 777 g/mol. The summed E-state index contributed by atoms with van der Waals surface area (Å²) in [5, 5.41) is 9.34. The van der Waals surface area contributed by atoms with E-state index in [-0.39, 0.29) is 42.6 Å². The number of carbonyl (C=O) groups is 2. The van der Waals surface area contributed by atoms with E-state index in [4.69, 9.17) is 9.47 Å². The summed E-state index contributed by atoms with van der Waals surface area (Å²) in [6.07, 6.45) is 0. The average Bonchev–Trinajstić information content (AvgIpc) is 3.81. The standard InChI is InChI=1S/C34H28N6O8S4/c1-47-25-9-13-27(14-10-25)51(43,44)39-23-7-3-5-21(17-23)31(41)37-33-35-29(19-49-33)30-20-50-34(36-30)38-32(42)22-6-4-8-24(18-22)40-52(45,46)28-15-11-26(48-2)12-16-28/h3-20,39-40H,1-2H3,(H,35,37,41)(H,36,38,42). The molecule has 0 spiro atoms. The Balaban J connectivity index is 1.07. The molecule has 0 aliphatic rings. The lowest BCUT2D eigenvalue weighted by molar-refractivity contribution is 0.101. The molecule has 0 bridgehead atoms.